The van der Waals surface area contributed by atoms with Crippen molar-refractivity contribution in [3.63, 3.8) is 0 Å². The molecule has 22 nitrogen and oxygen atoms in total. The van der Waals surface area contributed by atoms with Crippen molar-refractivity contribution in [3.8, 4) is 103 Å². The number of benzene rings is 16. The number of rotatable bonds is 12. The molecule has 0 saturated heterocycles. The van der Waals surface area contributed by atoms with Crippen LogP contribution in [0.4, 0.5) is 68.2 Å². The zero-order valence-electron chi connectivity index (χ0n) is 74.4. The standard InChI is InChI=1S/2C30H18N4O.2C28H17N5O.4Pt/c1-2-12-26-22(8-1)20-32-34(26)24-10-7-9-23(19-24)33-27-13-3-4-14-29(27)35-30-16-15-21(18-28(30)33)25-11-5-6-17-31-25;1-2-12-26-22(8-1)20-32-34(26)24-15-16-30-28(19-24)33(27-13-3-4-14-29(27)35-30)23-10-7-9-21(18-23)25-11-5-6-17-31-25;1-2-10-24-20(7-1)19-30-33(24)23-9-5-8-22(17-23)32-25-11-3-4-12-27(25)34-28-14-13-21(18-26(28)32)31-16-6-15-29-31;1-2-10-24-20(7-1)19-30-33(24)23-13-14-28-26(18-23)32(25-11-3-4-12-27(25)34-28)22-9-5-8-21(17-22)31-16-6-15-29-31;;;;/h2*1-17,20H;2*1-16,19H;;;;/q4*-2;4*+2. The molecule has 0 radical (unpaired) electrons. The van der Waals surface area contributed by atoms with Crippen LogP contribution in [0.1, 0.15) is 0 Å². The third kappa shape index (κ3) is 17.4. The van der Waals surface area contributed by atoms with Gasteiger partial charge in [-0.15, -0.1) is 163 Å². The Morgan fingerprint density at radius 2 is 0.472 bits per heavy atom. The molecule has 688 valence electrons. The third-order valence-corrected chi connectivity index (χ3v) is 23.9. The minimum Gasteiger partial charge on any atom is -0.513 e. The second-order valence-electron chi connectivity index (χ2n) is 32.4. The summed E-state index contributed by atoms with van der Waals surface area (Å²) in [5.41, 5.74) is 23.1. The summed E-state index contributed by atoms with van der Waals surface area (Å²) in [6.45, 7) is 0. The normalized spacial score (nSPS) is 11.9. The van der Waals surface area contributed by atoms with Crippen LogP contribution in [-0.4, -0.2) is 68.7 Å². The van der Waals surface area contributed by atoms with Crippen LogP contribution in [-0.2, 0) is 84.3 Å². The summed E-state index contributed by atoms with van der Waals surface area (Å²) in [5, 5.41) is 31.5. The van der Waals surface area contributed by atoms with Gasteiger partial charge in [0.2, 0.25) is 0 Å². The molecule has 0 N–H and O–H groups in total. The number of aromatic nitrogens is 14. The van der Waals surface area contributed by atoms with Crippen LogP contribution in [0, 0.1) is 48.5 Å². The van der Waals surface area contributed by atoms with Crippen LogP contribution in [0.3, 0.4) is 0 Å². The molecule has 4 aliphatic rings. The van der Waals surface area contributed by atoms with Crippen LogP contribution in [0.15, 0.2) is 426 Å². The fraction of sp³-hybridized carbons (Fsp3) is 0. The van der Waals surface area contributed by atoms with Gasteiger partial charge in [-0.3, -0.25) is 28.1 Å². The number of para-hydroxylation sites is 12. The van der Waals surface area contributed by atoms with Crippen molar-refractivity contribution in [2.75, 3.05) is 19.6 Å². The largest absolute Gasteiger partial charge is 2.00 e. The van der Waals surface area contributed by atoms with Crippen molar-refractivity contribution in [2.24, 2.45) is 0 Å². The molecular formula is C116H70N18O4Pt4. The molecule has 12 heterocycles. The van der Waals surface area contributed by atoms with Crippen molar-refractivity contribution >= 4 is 112 Å². The topological polar surface area (TPSA) is 183 Å². The van der Waals surface area contributed by atoms with E-state index in [-0.39, 0.29) is 84.3 Å². The van der Waals surface area contributed by atoms with E-state index >= 15 is 0 Å². The smallest absolute Gasteiger partial charge is 0.513 e. The zero-order valence-corrected chi connectivity index (χ0v) is 83.5. The molecule has 16 aromatic carbocycles. The first-order valence-electron chi connectivity index (χ1n) is 44.6. The second kappa shape index (κ2) is 40.0. The minimum absolute atomic E-state index is 0. The van der Waals surface area contributed by atoms with Gasteiger partial charge in [0.05, 0.1) is 75.4 Å². The molecule has 0 saturated carbocycles. The fourth-order valence-corrected chi connectivity index (χ4v) is 17.6. The summed E-state index contributed by atoms with van der Waals surface area (Å²) < 4.78 is 36.2. The maximum absolute atomic E-state index is 6.28. The SMILES string of the molecule is [Pt+2].[Pt+2].[Pt+2].[Pt+2].[c-]1c(-c2ccccn2)cccc1N1c2[c-]c(-n3ncc4ccccc43)ccc2Oc2ccccc21.[c-]1c(N2c3[c-]c(-c4ccccn4)ccc3Oc3ccccc32)cccc1-n1ncc2ccccc21.[c-]1c(N2c3[c-]c(-n4cccn4)ccc3Oc3ccccc32)cccc1-n1ncc2ccccc21.[c-]1c(N2c3[c-]c(-n4ncc5ccccc54)ccc3Oc3ccccc32)cccc1-n1cccn1. The van der Waals surface area contributed by atoms with Crippen molar-refractivity contribution < 1.29 is 103 Å². The van der Waals surface area contributed by atoms with Gasteiger partial charge in [0.15, 0.2) is 0 Å². The van der Waals surface area contributed by atoms with Crippen molar-refractivity contribution in [2.45, 2.75) is 0 Å². The molecule has 0 fully saturated rings. The van der Waals surface area contributed by atoms with Crippen LogP contribution < -0.4 is 38.5 Å². The number of anilines is 12. The Morgan fingerprint density at radius 3 is 0.838 bits per heavy atom. The average Bonchev–Trinajstić information content (AvgIpc) is 0.992. The van der Waals surface area contributed by atoms with Crippen LogP contribution in [0.25, 0.3) is 100 Å². The average molecular weight is 2560 g/mol. The molecule has 0 bridgehead atoms. The summed E-state index contributed by atoms with van der Waals surface area (Å²) in [5.74, 6) is 6.00. The predicted molar refractivity (Wildman–Crippen MR) is 535 cm³/mol. The van der Waals surface area contributed by atoms with E-state index in [0.717, 1.165) is 214 Å². The van der Waals surface area contributed by atoms with Gasteiger partial charge in [-0.25, -0.2) is 0 Å². The fourth-order valence-electron chi connectivity index (χ4n) is 17.6. The van der Waals surface area contributed by atoms with Gasteiger partial charge in [-0.05, 0) is 165 Å². The van der Waals surface area contributed by atoms with E-state index in [1.165, 1.54) is 0 Å². The number of hydrogen-bond acceptors (Lipinski definition) is 16. The quantitative estimate of drug-likeness (QED) is 0.105. The molecule has 142 heavy (non-hydrogen) atoms. The minimum atomic E-state index is 0. The Bertz CT molecular complexity index is 8640. The molecule has 0 spiro atoms. The van der Waals surface area contributed by atoms with Crippen LogP contribution >= 0.6 is 0 Å². The van der Waals surface area contributed by atoms with E-state index in [0.29, 0.717) is 0 Å². The first-order valence-corrected chi connectivity index (χ1v) is 44.6. The van der Waals surface area contributed by atoms with E-state index in [9.17, 15) is 0 Å². The molecule has 0 unspecified atom stereocenters. The van der Waals surface area contributed by atoms with Gasteiger partial charge < -0.3 is 48.5 Å². The summed E-state index contributed by atoms with van der Waals surface area (Å²) in [6, 6.07) is 149. The van der Waals surface area contributed by atoms with Crippen LogP contribution in [0.2, 0.25) is 0 Å². The number of pyridine rings is 2. The summed E-state index contributed by atoms with van der Waals surface area (Å²) in [7, 11) is 0. The molecule has 8 aromatic heterocycles. The van der Waals surface area contributed by atoms with Gasteiger partial charge in [-0.1, -0.05) is 163 Å². The molecule has 26 heteroatoms. The monoisotopic (exact) mass is 2560 g/mol. The van der Waals surface area contributed by atoms with Gasteiger partial charge >= 0.3 is 84.3 Å². The summed E-state index contributed by atoms with van der Waals surface area (Å²) >= 11 is 0. The molecular weight excluding hydrogens is 2490 g/mol. The van der Waals surface area contributed by atoms with Gasteiger partial charge in [-0.2, -0.15) is 48.8 Å². The Kier molecular flexibility index (Phi) is 25.8. The maximum Gasteiger partial charge on any atom is 2.00 e. The van der Waals surface area contributed by atoms with Crippen LogP contribution in [0.5, 0.6) is 46.0 Å². The first kappa shape index (κ1) is 91.7. The van der Waals surface area contributed by atoms with Gasteiger partial charge in [0.25, 0.3) is 0 Å². The molecule has 0 aliphatic carbocycles. The van der Waals surface area contributed by atoms with E-state index in [1.807, 2.05) is 371 Å². The number of ether oxygens (including phenoxy) is 4. The maximum atomic E-state index is 6.28. The number of fused-ring (bicyclic) bond motifs is 12. The molecule has 0 atom stereocenters. The van der Waals surface area contributed by atoms with Crippen molar-refractivity contribution in [1.82, 2.24) is 68.7 Å². The third-order valence-electron chi connectivity index (χ3n) is 23.9. The van der Waals surface area contributed by atoms with E-state index in [1.54, 1.807) is 34.2 Å². The van der Waals surface area contributed by atoms with E-state index in [2.05, 4.69) is 157 Å². The Balaban J connectivity index is 0.000000111. The van der Waals surface area contributed by atoms with Crippen molar-refractivity contribution in [3.05, 3.63) is 474 Å². The first-order chi connectivity index (χ1) is 68.4. The molecule has 28 rings (SSSR count). The number of hydrogen-bond donors (Lipinski definition) is 0. The predicted octanol–water partition coefficient (Wildman–Crippen LogP) is 27.3. The van der Waals surface area contributed by atoms with Gasteiger partial charge in [0, 0.05) is 81.7 Å². The zero-order chi connectivity index (χ0) is 91.4. The van der Waals surface area contributed by atoms with E-state index in [4.69, 9.17) is 18.9 Å². The molecule has 4 aliphatic heterocycles. The Morgan fingerprint density at radius 1 is 0.190 bits per heavy atom. The van der Waals surface area contributed by atoms with E-state index < -0.39 is 0 Å². The Labute approximate surface area is 872 Å². The second-order valence-corrected chi connectivity index (χ2v) is 32.4. The number of nitrogens with zero attached hydrogens (tertiary/aromatic N) is 18. The summed E-state index contributed by atoms with van der Waals surface area (Å²) in [6.07, 6.45) is 18.4. The van der Waals surface area contributed by atoms with Crippen molar-refractivity contribution in [1.29, 1.82) is 0 Å². The molecule has 24 aromatic rings. The summed E-state index contributed by atoms with van der Waals surface area (Å²) in [4.78, 5) is 17.5. The Hall–Kier alpha value is -16.7. The van der Waals surface area contributed by atoms with Gasteiger partial charge in [0.1, 0.15) is 23.0 Å². The molecule has 0 amide bonds.